The Kier molecular flexibility index (Phi) is 2.59. The summed E-state index contributed by atoms with van der Waals surface area (Å²) >= 11 is 0. The van der Waals surface area contributed by atoms with E-state index in [0.717, 1.165) is 18.0 Å². The van der Waals surface area contributed by atoms with Crippen LogP contribution in [0.2, 0.25) is 19.6 Å². The lowest BCUT2D eigenvalue weighted by Crippen LogP contribution is -2.40. The van der Waals surface area contributed by atoms with E-state index in [4.69, 9.17) is 4.74 Å². The molecule has 0 aromatic heterocycles. The first-order chi connectivity index (χ1) is 6.98. The van der Waals surface area contributed by atoms with Crippen molar-refractivity contribution in [1.82, 2.24) is 0 Å². The third-order valence-electron chi connectivity index (χ3n) is 2.59. The van der Waals surface area contributed by atoms with Crippen LogP contribution in [0.5, 0.6) is 5.75 Å². The number of benzene rings is 1. The molecule has 0 heterocycles. The summed E-state index contributed by atoms with van der Waals surface area (Å²) in [5.41, 5.74) is 0. The second kappa shape index (κ2) is 3.63. The topological polar surface area (TPSA) is 9.23 Å². The molecule has 0 bridgehead atoms. The summed E-state index contributed by atoms with van der Waals surface area (Å²) in [6, 6.07) is 5.52. The summed E-state index contributed by atoms with van der Waals surface area (Å²) in [4.78, 5) is 0. The molecule has 0 amide bonds. The van der Waals surface area contributed by atoms with Crippen molar-refractivity contribution in [2.24, 2.45) is 0 Å². The van der Waals surface area contributed by atoms with Crippen LogP contribution in [0.3, 0.4) is 0 Å². The van der Waals surface area contributed by atoms with Crippen molar-refractivity contribution < 1.29 is 9.13 Å². The van der Waals surface area contributed by atoms with Gasteiger partial charge in [-0.15, -0.1) is 0 Å². The predicted molar refractivity (Wildman–Crippen MR) is 63.0 cm³/mol. The molecule has 0 unspecified atom stereocenters. The van der Waals surface area contributed by atoms with Gasteiger partial charge in [-0.2, -0.15) is 0 Å². The fraction of sp³-hybridized carbons (Fsp3) is 0.500. The quantitative estimate of drug-likeness (QED) is 0.717. The van der Waals surface area contributed by atoms with Crippen LogP contribution in [0.25, 0.3) is 0 Å². The van der Waals surface area contributed by atoms with Crippen LogP contribution >= 0.6 is 0 Å². The zero-order valence-corrected chi connectivity index (χ0v) is 10.5. The molecule has 1 aliphatic rings. The Hall–Kier alpha value is -0.833. The highest BCUT2D eigenvalue weighted by atomic mass is 28.3. The number of hydrogen-bond acceptors (Lipinski definition) is 1. The number of rotatable bonds is 3. The Morgan fingerprint density at radius 1 is 1.27 bits per heavy atom. The minimum Gasteiger partial charge on any atom is -0.487 e. The van der Waals surface area contributed by atoms with Crippen molar-refractivity contribution in [2.45, 2.75) is 38.6 Å². The maximum absolute atomic E-state index is 14.1. The molecule has 1 fully saturated rings. The fourth-order valence-corrected chi connectivity index (χ4v) is 2.92. The van der Waals surface area contributed by atoms with Crippen LogP contribution in [0.1, 0.15) is 12.8 Å². The van der Waals surface area contributed by atoms with Crippen LogP contribution in [0, 0.1) is 5.82 Å². The number of hydrogen-bond donors (Lipinski definition) is 0. The van der Waals surface area contributed by atoms with Gasteiger partial charge in [-0.05, 0) is 24.1 Å². The summed E-state index contributed by atoms with van der Waals surface area (Å²) < 4.78 is 19.6. The van der Waals surface area contributed by atoms with Crippen molar-refractivity contribution in [3.63, 3.8) is 0 Å². The first-order valence-corrected chi connectivity index (χ1v) is 8.94. The summed E-state index contributed by atoms with van der Waals surface area (Å²) in [6.07, 6.45) is 2.39. The molecule has 1 nitrogen and oxygen atoms in total. The number of ether oxygens (including phenoxy) is 1. The molecule has 0 radical (unpaired) electrons. The molecule has 15 heavy (non-hydrogen) atoms. The average molecular weight is 224 g/mol. The van der Waals surface area contributed by atoms with Gasteiger partial charge in [0.15, 0.2) is 11.6 Å². The van der Waals surface area contributed by atoms with E-state index < -0.39 is 8.07 Å². The molecule has 2 rings (SSSR count). The van der Waals surface area contributed by atoms with Gasteiger partial charge in [0.25, 0.3) is 0 Å². The minimum absolute atomic E-state index is 0.136. The highest BCUT2D eigenvalue weighted by Gasteiger charge is 2.27. The van der Waals surface area contributed by atoms with E-state index >= 15 is 0 Å². The maximum Gasteiger partial charge on any atom is 0.164 e. The van der Waals surface area contributed by atoms with Crippen molar-refractivity contribution in [3.8, 4) is 5.75 Å². The third-order valence-corrected chi connectivity index (χ3v) is 4.59. The van der Waals surface area contributed by atoms with Gasteiger partial charge in [0.05, 0.1) is 14.2 Å². The molecule has 0 spiro atoms. The fourth-order valence-electron chi connectivity index (χ4n) is 1.55. The van der Waals surface area contributed by atoms with E-state index in [1.165, 1.54) is 0 Å². The van der Waals surface area contributed by atoms with E-state index in [9.17, 15) is 4.39 Å². The zero-order valence-electron chi connectivity index (χ0n) is 9.51. The van der Waals surface area contributed by atoms with Crippen molar-refractivity contribution in [3.05, 3.63) is 24.0 Å². The first-order valence-electron chi connectivity index (χ1n) is 5.44. The monoisotopic (exact) mass is 224 g/mol. The summed E-state index contributed by atoms with van der Waals surface area (Å²) in [5.74, 6) is 0.306. The van der Waals surface area contributed by atoms with Gasteiger partial charge < -0.3 is 4.74 Å². The van der Waals surface area contributed by atoms with E-state index in [2.05, 4.69) is 19.6 Å². The van der Waals surface area contributed by atoms with Gasteiger partial charge in [-0.1, -0.05) is 31.8 Å². The molecule has 0 aliphatic heterocycles. The summed E-state index contributed by atoms with van der Waals surface area (Å²) in [6.45, 7) is 6.44. The molecular formula is C12H17FOSi. The van der Waals surface area contributed by atoms with Gasteiger partial charge in [-0.3, -0.25) is 0 Å². The second-order valence-corrected chi connectivity index (χ2v) is 10.2. The van der Waals surface area contributed by atoms with E-state index in [-0.39, 0.29) is 11.9 Å². The van der Waals surface area contributed by atoms with Crippen molar-refractivity contribution in [1.29, 1.82) is 0 Å². The largest absolute Gasteiger partial charge is 0.487 e. The van der Waals surface area contributed by atoms with Crippen molar-refractivity contribution in [2.75, 3.05) is 0 Å². The minimum atomic E-state index is -1.59. The third kappa shape index (κ3) is 2.40. The van der Waals surface area contributed by atoms with Crippen LogP contribution in [0.4, 0.5) is 4.39 Å². The van der Waals surface area contributed by atoms with Gasteiger partial charge in [0.1, 0.15) is 0 Å². The molecule has 1 saturated carbocycles. The van der Waals surface area contributed by atoms with Gasteiger partial charge in [-0.25, -0.2) is 4.39 Å². The molecule has 1 aromatic carbocycles. The normalized spacial score (nSPS) is 16.5. The molecule has 0 N–H and O–H groups in total. The molecular weight excluding hydrogens is 207 g/mol. The van der Waals surface area contributed by atoms with Crippen LogP contribution < -0.4 is 9.92 Å². The molecule has 1 aliphatic carbocycles. The Balaban J connectivity index is 2.31. The molecule has 0 atom stereocenters. The Morgan fingerprint density at radius 2 is 1.93 bits per heavy atom. The zero-order chi connectivity index (χ0) is 11.1. The smallest absolute Gasteiger partial charge is 0.164 e. The van der Waals surface area contributed by atoms with E-state index in [1.807, 2.05) is 12.1 Å². The maximum atomic E-state index is 14.1. The molecule has 1 aromatic rings. The van der Waals surface area contributed by atoms with Gasteiger partial charge in [0.2, 0.25) is 0 Å². The highest BCUT2D eigenvalue weighted by Crippen LogP contribution is 2.28. The molecule has 0 saturated heterocycles. The van der Waals surface area contributed by atoms with Crippen LogP contribution in [-0.2, 0) is 0 Å². The van der Waals surface area contributed by atoms with E-state index in [1.54, 1.807) is 6.07 Å². The first kappa shape index (κ1) is 10.7. The van der Waals surface area contributed by atoms with Crippen LogP contribution in [0.15, 0.2) is 18.2 Å². The van der Waals surface area contributed by atoms with Crippen molar-refractivity contribution >= 4 is 13.3 Å². The van der Waals surface area contributed by atoms with Crippen LogP contribution in [-0.4, -0.2) is 14.2 Å². The predicted octanol–water partition coefficient (Wildman–Crippen LogP) is 2.91. The van der Waals surface area contributed by atoms with Gasteiger partial charge >= 0.3 is 0 Å². The summed E-state index contributed by atoms with van der Waals surface area (Å²) in [5, 5.41) is 0.862. The average Bonchev–Trinajstić information content (AvgIpc) is 2.90. The highest BCUT2D eigenvalue weighted by molar-refractivity contribution is 6.88. The lowest BCUT2D eigenvalue weighted by molar-refractivity contribution is 0.288. The second-order valence-electron chi connectivity index (χ2n) is 5.18. The lowest BCUT2D eigenvalue weighted by atomic mass is 10.3. The SMILES string of the molecule is C[Si](C)(C)c1cccc(OC2CC2)c1F. The molecule has 82 valence electrons. The Morgan fingerprint density at radius 3 is 2.47 bits per heavy atom. The standard InChI is InChI=1S/C12H17FOSi/c1-15(2,3)11-6-4-5-10(12(11)13)14-9-7-8-9/h4-6,9H,7-8H2,1-3H3. The Labute approximate surface area is 91.3 Å². The Bertz CT molecular complexity index is 366. The lowest BCUT2D eigenvalue weighted by Gasteiger charge is -2.19. The number of halogens is 1. The summed E-state index contributed by atoms with van der Waals surface area (Å²) in [7, 11) is -1.59. The van der Waals surface area contributed by atoms with Gasteiger partial charge in [0, 0.05) is 0 Å². The molecule has 3 heteroatoms. The van der Waals surface area contributed by atoms with E-state index in [0.29, 0.717) is 5.75 Å².